The van der Waals surface area contributed by atoms with Crippen LogP contribution in [0.15, 0.2) is 0 Å². The molecule has 1 aliphatic carbocycles. The van der Waals surface area contributed by atoms with Gasteiger partial charge in [-0.2, -0.15) is 0 Å². The Balaban J connectivity index is 1.98. The summed E-state index contributed by atoms with van der Waals surface area (Å²) in [6.45, 7) is 5.68. The van der Waals surface area contributed by atoms with E-state index in [2.05, 4.69) is 0 Å². The summed E-state index contributed by atoms with van der Waals surface area (Å²) in [7, 11) is 1.71. The summed E-state index contributed by atoms with van der Waals surface area (Å²) in [6, 6.07) is 0. The van der Waals surface area contributed by atoms with Gasteiger partial charge in [0.2, 0.25) is 5.91 Å². The van der Waals surface area contributed by atoms with Gasteiger partial charge in [-0.05, 0) is 33.1 Å². The minimum atomic E-state index is -0.322. The molecule has 0 spiro atoms. The molecule has 110 valence electrons. The number of ether oxygens (including phenoxy) is 2. The fourth-order valence-electron chi connectivity index (χ4n) is 3.02. The molecule has 1 atom stereocenters. The van der Waals surface area contributed by atoms with Crippen LogP contribution in [0.1, 0.15) is 39.5 Å². The Kier molecular flexibility index (Phi) is 4.18. The van der Waals surface area contributed by atoms with Crippen LogP contribution in [0.4, 0.5) is 0 Å². The number of methoxy groups -OCH3 is 1. The van der Waals surface area contributed by atoms with Crippen LogP contribution in [0.25, 0.3) is 0 Å². The first kappa shape index (κ1) is 14.8. The maximum atomic E-state index is 12.5. The molecular weight excluding hydrogens is 244 g/mol. The summed E-state index contributed by atoms with van der Waals surface area (Å²) < 4.78 is 11.4. The highest BCUT2D eigenvalue weighted by atomic mass is 16.5. The van der Waals surface area contributed by atoms with E-state index in [1.54, 1.807) is 7.11 Å². The Bertz CT molecular complexity index is 334. The van der Waals surface area contributed by atoms with Gasteiger partial charge in [0.25, 0.3) is 0 Å². The zero-order valence-electron chi connectivity index (χ0n) is 12.3. The summed E-state index contributed by atoms with van der Waals surface area (Å²) in [5.74, 6) is 0.163. The van der Waals surface area contributed by atoms with Gasteiger partial charge < -0.3 is 20.1 Å². The third kappa shape index (κ3) is 3.27. The van der Waals surface area contributed by atoms with Crippen LogP contribution < -0.4 is 5.73 Å². The molecule has 1 amide bonds. The molecule has 1 heterocycles. The van der Waals surface area contributed by atoms with Gasteiger partial charge in [0.05, 0.1) is 23.7 Å². The van der Waals surface area contributed by atoms with Gasteiger partial charge in [-0.15, -0.1) is 0 Å². The maximum Gasteiger partial charge on any atom is 0.225 e. The van der Waals surface area contributed by atoms with E-state index in [1.165, 1.54) is 0 Å². The van der Waals surface area contributed by atoms with E-state index in [1.807, 2.05) is 18.7 Å². The van der Waals surface area contributed by atoms with E-state index < -0.39 is 0 Å². The molecule has 0 radical (unpaired) electrons. The Morgan fingerprint density at radius 1 is 1.47 bits per heavy atom. The molecule has 1 saturated carbocycles. The topological polar surface area (TPSA) is 64.8 Å². The van der Waals surface area contributed by atoms with Crippen LogP contribution in [-0.4, -0.2) is 54.9 Å². The lowest BCUT2D eigenvalue weighted by Gasteiger charge is -2.45. The largest absolute Gasteiger partial charge is 0.378 e. The molecule has 2 N–H and O–H groups in total. The summed E-state index contributed by atoms with van der Waals surface area (Å²) in [6.07, 6.45) is 3.55. The normalized spacial score (nSPS) is 28.8. The minimum absolute atomic E-state index is 0.0624. The SMILES string of the molecule is COC1(CC(=O)N2CC(CN)OC(C)(C)C2)CCC1. The van der Waals surface area contributed by atoms with Crippen molar-refractivity contribution in [3.05, 3.63) is 0 Å². The lowest BCUT2D eigenvalue weighted by molar-refractivity contribution is -0.167. The van der Waals surface area contributed by atoms with E-state index >= 15 is 0 Å². The summed E-state index contributed by atoms with van der Waals surface area (Å²) >= 11 is 0. The van der Waals surface area contributed by atoms with Gasteiger partial charge in [-0.3, -0.25) is 4.79 Å². The van der Waals surface area contributed by atoms with Crippen molar-refractivity contribution < 1.29 is 14.3 Å². The van der Waals surface area contributed by atoms with Gasteiger partial charge in [0, 0.05) is 26.7 Å². The summed E-state index contributed by atoms with van der Waals surface area (Å²) in [5, 5.41) is 0. The quantitative estimate of drug-likeness (QED) is 0.824. The fraction of sp³-hybridized carbons (Fsp3) is 0.929. The van der Waals surface area contributed by atoms with E-state index in [9.17, 15) is 4.79 Å². The highest BCUT2D eigenvalue weighted by Gasteiger charge is 2.42. The Hall–Kier alpha value is -0.650. The van der Waals surface area contributed by atoms with E-state index in [4.69, 9.17) is 15.2 Å². The van der Waals surface area contributed by atoms with Gasteiger partial charge in [0.1, 0.15) is 0 Å². The number of morpholine rings is 1. The summed E-state index contributed by atoms with van der Waals surface area (Å²) in [5.41, 5.74) is 5.16. The third-order valence-corrected chi connectivity index (χ3v) is 4.27. The van der Waals surface area contributed by atoms with Crippen LogP contribution in [0.2, 0.25) is 0 Å². The molecule has 1 unspecified atom stereocenters. The Morgan fingerprint density at radius 3 is 2.63 bits per heavy atom. The number of nitrogens with zero attached hydrogens (tertiary/aromatic N) is 1. The van der Waals surface area contributed by atoms with Gasteiger partial charge in [-0.25, -0.2) is 0 Å². The number of carbonyl (C=O) groups excluding carboxylic acids is 1. The standard InChI is InChI=1S/C14H26N2O3/c1-13(2)10-16(9-11(8-15)19-13)12(17)7-14(18-3)5-4-6-14/h11H,4-10,15H2,1-3H3. The fourth-order valence-corrected chi connectivity index (χ4v) is 3.02. The van der Waals surface area contributed by atoms with E-state index in [-0.39, 0.29) is 23.2 Å². The van der Waals surface area contributed by atoms with Crippen LogP contribution in [0, 0.1) is 0 Å². The number of hydrogen-bond acceptors (Lipinski definition) is 4. The first-order valence-electron chi connectivity index (χ1n) is 7.10. The predicted octanol–water partition coefficient (Wildman–Crippen LogP) is 0.910. The molecule has 1 saturated heterocycles. The number of carbonyl (C=O) groups is 1. The number of hydrogen-bond donors (Lipinski definition) is 1. The second-order valence-corrected chi connectivity index (χ2v) is 6.43. The molecule has 5 heteroatoms. The molecule has 0 aromatic rings. The molecule has 1 aliphatic heterocycles. The number of rotatable bonds is 4. The van der Waals surface area contributed by atoms with Crippen LogP contribution >= 0.6 is 0 Å². The van der Waals surface area contributed by atoms with Gasteiger partial charge in [-0.1, -0.05) is 0 Å². The lowest BCUT2D eigenvalue weighted by Crippen LogP contribution is -2.57. The number of amides is 1. The molecule has 2 fully saturated rings. The van der Waals surface area contributed by atoms with E-state index in [0.29, 0.717) is 26.1 Å². The highest BCUT2D eigenvalue weighted by Crippen LogP contribution is 2.38. The first-order valence-corrected chi connectivity index (χ1v) is 7.10. The number of nitrogens with two attached hydrogens (primary N) is 1. The van der Waals surface area contributed by atoms with Gasteiger partial charge >= 0.3 is 0 Å². The Labute approximate surface area is 115 Å². The second-order valence-electron chi connectivity index (χ2n) is 6.43. The average molecular weight is 270 g/mol. The van der Waals surface area contributed by atoms with E-state index in [0.717, 1.165) is 19.3 Å². The average Bonchev–Trinajstić information content (AvgIpc) is 2.31. The molecule has 2 rings (SSSR count). The lowest BCUT2D eigenvalue weighted by atomic mass is 9.77. The maximum absolute atomic E-state index is 12.5. The molecule has 2 aliphatic rings. The molecule has 0 aromatic heterocycles. The highest BCUT2D eigenvalue weighted by molar-refractivity contribution is 5.77. The monoisotopic (exact) mass is 270 g/mol. The smallest absolute Gasteiger partial charge is 0.225 e. The van der Waals surface area contributed by atoms with Crippen molar-refractivity contribution in [3.63, 3.8) is 0 Å². The van der Waals surface area contributed by atoms with Gasteiger partial charge in [0.15, 0.2) is 0 Å². The van der Waals surface area contributed by atoms with Crippen molar-refractivity contribution in [1.29, 1.82) is 0 Å². The molecule has 0 bridgehead atoms. The van der Waals surface area contributed by atoms with Crippen LogP contribution in [0.5, 0.6) is 0 Å². The van der Waals surface area contributed by atoms with Crippen LogP contribution in [-0.2, 0) is 14.3 Å². The van der Waals surface area contributed by atoms with Crippen molar-refractivity contribution >= 4 is 5.91 Å². The molecule has 19 heavy (non-hydrogen) atoms. The molecule has 5 nitrogen and oxygen atoms in total. The molecule has 0 aromatic carbocycles. The van der Waals surface area contributed by atoms with Crippen LogP contribution in [0.3, 0.4) is 0 Å². The zero-order chi connectivity index (χ0) is 14.1. The first-order chi connectivity index (χ1) is 8.90. The predicted molar refractivity (Wildman–Crippen MR) is 72.8 cm³/mol. The van der Waals surface area contributed by atoms with Crippen molar-refractivity contribution in [3.8, 4) is 0 Å². The van der Waals surface area contributed by atoms with Crippen molar-refractivity contribution in [1.82, 2.24) is 4.90 Å². The third-order valence-electron chi connectivity index (χ3n) is 4.27. The van der Waals surface area contributed by atoms with Crippen molar-refractivity contribution in [2.45, 2.75) is 56.8 Å². The second kappa shape index (κ2) is 5.38. The van der Waals surface area contributed by atoms with Crippen molar-refractivity contribution in [2.75, 3.05) is 26.7 Å². The molecular formula is C14H26N2O3. The minimum Gasteiger partial charge on any atom is -0.378 e. The Morgan fingerprint density at radius 2 is 2.16 bits per heavy atom. The van der Waals surface area contributed by atoms with Crippen molar-refractivity contribution in [2.24, 2.45) is 5.73 Å². The summed E-state index contributed by atoms with van der Waals surface area (Å²) in [4.78, 5) is 14.4. The zero-order valence-corrected chi connectivity index (χ0v) is 12.3.